The predicted octanol–water partition coefficient (Wildman–Crippen LogP) is 2.21. The number of amides is 2. The highest BCUT2D eigenvalue weighted by Crippen LogP contribution is 2.10. The van der Waals surface area contributed by atoms with Crippen molar-refractivity contribution in [3.63, 3.8) is 0 Å². The van der Waals surface area contributed by atoms with Gasteiger partial charge in [0.1, 0.15) is 0 Å². The van der Waals surface area contributed by atoms with Crippen LogP contribution < -0.4 is 10.6 Å². The number of rotatable bonds is 4. The monoisotopic (exact) mass is 333 g/mol. The van der Waals surface area contributed by atoms with Gasteiger partial charge in [-0.3, -0.25) is 14.6 Å². The third-order valence-corrected chi connectivity index (χ3v) is 2.99. The lowest BCUT2D eigenvalue weighted by Gasteiger charge is -2.06. The van der Waals surface area contributed by atoms with Crippen molar-refractivity contribution in [2.45, 2.75) is 0 Å². The number of carbonyl (C=O) groups is 2. The first-order valence-electron chi connectivity index (χ1n) is 5.89. The fourth-order valence-corrected chi connectivity index (χ4v) is 1.77. The second-order valence-corrected chi connectivity index (χ2v) is 4.90. The van der Waals surface area contributed by atoms with Gasteiger partial charge >= 0.3 is 0 Å². The number of nitrogens with zero attached hydrogens (tertiary/aromatic N) is 1. The van der Waals surface area contributed by atoms with E-state index in [9.17, 15) is 9.59 Å². The second kappa shape index (κ2) is 6.81. The van der Waals surface area contributed by atoms with Gasteiger partial charge in [-0.2, -0.15) is 0 Å². The number of anilines is 1. The first kappa shape index (κ1) is 14.2. The van der Waals surface area contributed by atoms with E-state index >= 15 is 0 Å². The van der Waals surface area contributed by atoms with Gasteiger partial charge in [-0.05, 0) is 36.4 Å². The fourth-order valence-electron chi connectivity index (χ4n) is 1.51. The molecule has 0 atom stereocenters. The highest BCUT2D eigenvalue weighted by atomic mass is 79.9. The molecule has 0 spiro atoms. The van der Waals surface area contributed by atoms with Gasteiger partial charge in [0.15, 0.2) is 0 Å². The van der Waals surface area contributed by atoms with Gasteiger partial charge in [0.05, 0.1) is 18.4 Å². The quantitative estimate of drug-likeness (QED) is 0.901. The summed E-state index contributed by atoms with van der Waals surface area (Å²) in [5, 5.41) is 5.19. The number of halogens is 1. The number of aromatic nitrogens is 1. The van der Waals surface area contributed by atoms with E-state index in [2.05, 4.69) is 31.5 Å². The molecule has 0 bridgehead atoms. The van der Waals surface area contributed by atoms with Gasteiger partial charge in [0.25, 0.3) is 5.91 Å². The number of carbonyl (C=O) groups excluding carboxylic acids is 2. The van der Waals surface area contributed by atoms with E-state index in [0.717, 1.165) is 4.47 Å². The molecule has 1 heterocycles. The van der Waals surface area contributed by atoms with Crippen molar-refractivity contribution in [2.75, 3.05) is 11.9 Å². The van der Waals surface area contributed by atoms with Crippen LogP contribution >= 0.6 is 15.9 Å². The van der Waals surface area contributed by atoms with Crippen LogP contribution in [-0.4, -0.2) is 23.3 Å². The molecule has 2 rings (SSSR count). The highest BCUT2D eigenvalue weighted by Gasteiger charge is 2.08. The third kappa shape index (κ3) is 4.17. The van der Waals surface area contributed by atoms with Gasteiger partial charge in [-0.25, -0.2) is 0 Å². The minimum Gasteiger partial charge on any atom is -0.343 e. The Morgan fingerprint density at radius 3 is 2.55 bits per heavy atom. The largest absolute Gasteiger partial charge is 0.343 e. The zero-order valence-corrected chi connectivity index (χ0v) is 12.1. The van der Waals surface area contributed by atoms with Gasteiger partial charge in [0.2, 0.25) is 5.91 Å². The number of hydrogen-bond donors (Lipinski definition) is 2. The van der Waals surface area contributed by atoms with Gasteiger partial charge in [-0.1, -0.05) is 15.9 Å². The maximum atomic E-state index is 11.8. The summed E-state index contributed by atoms with van der Waals surface area (Å²) < 4.78 is 0.892. The van der Waals surface area contributed by atoms with Crippen LogP contribution in [0, 0.1) is 0 Å². The Morgan fingerprint density at radius 2 is 1.90 bits per heavy atom. The fraction of sp³-hybridized carbons (Fsp3) is 0.0714. The molecule has 6 heteroatoms. The molecular weight excluding hydrogens is 322 g/mol. The molecule has 2 amide bonds. The SMILES string of the molecule is O=C(CNC(=O)c1ccc(Br)cc1)Nc1cccnc1. The van der Waals surface area contributed by atoms with E-state index < -0.39 is 0 Å². The Bertz CT molecular complexity index is 600. The molecule has 0 radical (unpaired) electrons. The van der Waals surface area contributed by atoms with Crippen molar-refractivity contribution in [1.82, 2.24) is 10.3 Å². The molecule has 0 aliphatic heterocycles. The van der Waals surface area contributed by atoms with E-state index in [1.165, 1.54) is 6.20 Å². The van der Waals surface area contributed by atoms with E-state index in [0.29, 0.717) is 11.3 Å². The zero-order chi connectivity index (χ0) is 14.4. The lowest BCUT2D eigenvalue weighted by atomic mass is 10.2. The summed E-state index contributed by atoms with van der Waals surface area (Å²) in [4.78, 5) is 27.3. The van der Waals surface area contributed by atoms with E-state index in [-0.39, 0.29) is 18.4 Å². The standard InChI is InChI=1S/C14H12BrN3O2/c15-11-5-3-10(4-6-11)14(20)17-9-13(19)18-12-2-1-7-16-8-12/h1-8H,9H2,(H,17,20)(H,18,19). The van der Waals surface area contributed by atoms with Crippen LogP contribution in [0.4, 0.5) is 5.69 Å². The lowest BCUT2D eigenvalue weighted by molar-refractivity contribution is -0.115. The number of benzene rings is 1. The van der Waals surface area contributed by atoms with Gasteiger partial charge in [0, 0.05) is 16.2 Å². The smallest absolute Gasteiger partial charge is 0.251 e. The molecule has 102 valence electrons. The predicted molar refractivity (Wildman–Crippen MR) is 79.3 cm³/mol. The Hall–Kier alpha value is -2.21. The first-order valence-corrected chi connectivity index (χ1v) is 6.68. The summed E-state index contributed by atoms with van der Waals surface area (Å²) >= 11 is 3.29. The summed E-state index contributed by atoms with van der Waals surface area (Å²) in [5.74, 6) is -0.595. The molecule has 0 aliphatic carbocycles. The second-order valence-electron chi connectivity index (χ2n) is 3.98. The van der Waals surface area contributed by atoms with Crippen molar-refractivity contribution in [3.8, 4) is 0 Å². The summed E-state index contributed by atoms with van der Waals surface area (Å²) in [5.41, 5.74) is 1.10. The zero-order valence-electron chi connectivity index (χ0n) is 10.5. The Morgan fingerprint density at radius 1 is 1.15 bits per heavy atom. The Balaban J connectivity index is 1.84. The molecule has 1 aromatic carbocycles. The molecule has 2 aromatic rings. The van der Waals surface area contributed by atoms with Crippen molar-refractivity contribution >= 4 is 33.4 Å². The topological polar surface area (TPSA) is 71.1 Å². The summed E-state index contributed by atoms with van der Waals surface area (Å²) in [7, 11) is 0. The van der Waals surface area contributed by atoms with Crippen LogP contribution in [0.5, 0.6) is 0 Å². The first-order chi connectivity index (χ1) is 9.65. The van der Waals surface area contributed by atoms with E-state index in [1.807, 2.05) is 0 Å². The maximum absolute atomic E-state index is 11.8. The van der Waals surface area contributed by atoms with Crippen molar-refractivity contribution in [2.24, 2.45) is 0 Å². The molecule has 5 nitrogen and oxygen atoms in total. The van der Waals surface area contributed by atoms with Crippen molar-refractivity contribution in [3.05, 3.63) is 58.8 Å². The molecular formula is C14H12BrN3O2. The normalized spacial score (nSPS) is 9.85. The molecule has 0 saturated carbocycles. The molecule has 0 saturated heterocycles. The number of nitrogens with one attached hydrogen (secondary N) is 2. The minimum absolute atomic E-state index is 0.0935. The van der Waals surface area contributed by atoms with E-state index in [1.54, 1.807) is 42.6 Å². The van der Waals surface area contributed by atoms with Crippen LogP contribution in [0.3, 0.4) is 0 Å². The number of hydrogen-bond acceptors (Lipinski definition) is 3. The lowest BCUT2D eigenvalue weighted by Crippen LogP contribution is -2.32. The Kier molecular flexibility index (Phi) is 4.84. The maximum Gasteiger partial charge on any atom is 0.251 e. The van der Waals surface area contributed by atoms with Crippen molar-refractivity contribution in [1.29, 1.82) is 0 Å². The Labute approximate surface area is 124 Å². The molecule has 0 aliphatic rings. The molecule has 0 fully saturated rings. The minimum atomic E-state index is -0.302. The van der Waals surface area contributed by atoms with Crippen LogP contribution in [0.15, 0.2) is 53.3 Å². The highest BCUT2D eigenvalue weighted by molar-refractivity contribution is 9.10. The summed E-state index contributed by atoms with van der Waals surface area (Å²) in [6.45, 7) is -0.0935. The number of pyridine rings is 1. The van der Waals surface area contributed by atoms with Crippen molar-refractivity contribution < 1.29 is 9.59 Å². The molecule has 2 N–H and O–H groups in total. The molecule has 20 heavy (non-hydrogen) atoms. The average molecular weight is 334 g/mol. The van der Waals surface area contributed by atoms with Crippen LogP contribution in [-0.2, 0) is 4.79 Å². The van der Waals surface area contributed by atoms with Gasteiger partial charge in [-0.15, -0.1) is 0 Å². The van der Waals surface area contributed by atoms with E-state index in [4.69, 9.17) is 0 Å². The van der Waals surface area contributed by atoms with Gasteiger partial charge < -0.3 is 10.6 Å². The van der Waals surface area contributed by atoms with Crippen LogP contribution in [0.1, 0.15) is 10.4 Å². The summed E-state index contributed by atoms with van der Waals surface area (Å²) in [6, 6.07) is 10.3. The average Bonchev–Trinajstić information content (AvgIpc) is 2.46. The molecule has 1 aromatic heterocycles. The molecule has 0 unspecified atom stereocenters. The summed E-state index contributed by atoms with van der Waals surface area (Å²) in [6.07, 6.45) is 3.15. The third-order valence-electron chi connectivity index (χ3n) is 2.46. The van der Waals surface area contributed by atoms with Crippen LogP contribution in [0.25, 0.3) is 0 Å². The van der Waals surface area contributed by atoms with Crippen LogP contribution in [0.2, 0.25) is 0 Å².